The molecule has 1 aromatic heterocycles. The molecule has 0 aliphatic carbocycles. The number of nitrogens with zero attached hydrogens (tertiary/aromatic N) is 2. The molecule has 1 aromatic carbocycles. The Kier molecular flexibility index (Phi) is 7.16. The molecule has 0 saturated carbocycles. The fourth-order valence-corrected chi connectivity index (χ4v) is 2.54. The van der Waals surface area contributed by atoms with Crippen molar-refractivity contribution in [2.75, 3.05) is 26.2 Å². The van der Waals surface area contributed by atoms with Crippen LogP contribution in [0.2, 0.25) is 0 Å². The SMILES string of the molecule is CCNC(=O)CN(CC)C(=O)COC(=O)CCn1c(=O)oc2ccccc21. The fourth-order valence-electron chi connectivity index (χ4n) is 2.54. The van der Waals surface area contributed by atoms with Crippen molar-refractivity contribution >= 4 is 28.9 Å². The van der Waals surface area contributed by atoms with E-state index in [1.165, 1.54) is 9.47 Å². The van der Waals surface area contributed by atoms with Gasteiger partial charge in [-0.05, 0) is 26.0 Å². The van der Waals surface area contributed by atoms with Crippen molar-refractivity contribution in [2.45, 2.75) is 26.8 Å². The molecule has 2 rings (SSSR count). The summed E-state index contributed by atoms with van der Waals surface area (Å²) in [6.45, 7) is 3.86. The Hall–Kier alpha value is -3.10. The molecule has 0 fully saturated rings. The number of ether oxygens (including phenoxy) is 1. The van der Waals surface area contributed by atoms with Crippen LogP contribution in [0.4, 0.5) is 0 Å². The van der Waals surface area contributed by atoms with E-state index in [1.54, 1.807) is 38.1 Å². The molecule has 9 heteroatoms. The molecule has 146 valence electrons. The Morgan fingerprint density at radius 1 is 1.22 bits per heavy atom. The Bertz CT molecular complexity index is 869. The summed E-state index contributed by atoms with van der Waals surface area (Å²) < 4.78 is 11.4. The summed E-state index contributed by atoms with van der Waals surface area (Å²) in [6.07, 6.45) is -0.0842. The Labute approximate surface area is 155 Å². The first-order chi connectivity index (χ1) is 13.0. The number of aryl methyl sites for hydroxylation is 1. The first-order valence-electron chi connectivity index (χ1n) is 8.74. The summed E-state index contributed by atoms with van der Waals surface area (Å²) >= 11 is 0. The maximum absolute atomic E-state index is 12.1. The smallest absolute Gasteiger partial charge is 0.419 e. The Balaban J connectivity index is 1.84. The topological polar surface area (TPSA) is 111 Å². The van der Waals surface area contributed by atoms with E-state index in [2.05, 4.69) is 5.32 Å². The van der Waals surface area contributed by atoms with E-state index in [0.29, 0.717) is 24.2 Å². The van der Waals surface area contributed by atoms with Crippen LogP contribution in [0.15, 0.2) is 33.5 Å². The molecule has 0 radical (unpaired) electrons. The number of likely N-dealkylation sites (N-methyl/N-ethyl adjacent to an activating group) is 2. The van der Waals surface area contributed by atoms with Crippen molar-refractivity contribution in [3.05, 3.63) is 34.8 Å². The van der Waals surface area contributed by atoms with Crippen LogP contribution in [0, 0.1) is 0 Å². The van der Waals surface area contributed by atoms with E-state index in [0.717, 1.165) is 0 Å². The lowest BCUT2D eigenvalue weighted by atomic mass is 10.3. The number of carbonyl (C=O) groups excluding carboxylic acids is 3. The van der Waals surface area contributed by atoms with Gasteiger partial charge in [-0.15, -0.1) is 0 Å². The zero-order valence-electron chi connectivity index (χ0n) is 15.4. The molecule has 0 unspecified atom stereocenters. The number of hydrogen-bond acceptors (Lipinski definition) is 6. The molecular weight excluding hydrogens is 354 g/mol. The van der Waals surface area contributed by atoms with Crippen LogP contribution < -0.4 is 11.1 Å². The van der Waals surface area contributed by atoms with Gasteiger partial charge in [0.15, 0.2) is 12.2 Å². The molecule has 0 aliphatic heterocycles. The number of hydrogen-bond donors (Lipinski definition) is 1. The van der Waals surface area contributed by atoms with Crippen LogP contribution in [0.25, 0.3) is 11.1 Å². The van der Waals surface area contributed by atoms with Gasteiger partial charge in [-0.2, -0.15) is 0 Å². The summed E-state index contributed by atoms with van der Waals surface area (Å²) in [5.74, 6) is -1.90. The molecule has 9 nitrogen and oxygen atoms in total. The van der Waals surface area contributed by atoms with Gasteiger partial charge < -0.3 is 19.4 Å². The third-order valence-electron chi connectivity index (χ3n) is 3.91. The summed E-state index contributed by atoms with van der Waals surface area (Å²) in [7, 11) is 0. The van der Waals surface area contributed by atoms with Gasteiger partial charge in [0.25, 0.3) is 5.91 Å². The van der Waals surface area contributed by atoms with Gasteiger partial charge in [-0.3, -0.25) is 19.0 Å². The molecule has 1 heterocycles. The number of carbonyl (C=O) groups is 3. The molecule has 2 amide bonds. The average molecular weight is 377 g/mol. The number of nitrogens with one attached hydrogen (secondary N) is 1. The van der Waals surface area contributed by atoms with Gasteiger partial charge in [-0.1, -0.05) is 12.1 Å². The van der Waals surface area contributed by atoms with E-state index < -0.39 is 24.2 Å². The average Bonchev–Trinajstić information content (AvgIpc) is 2.97. The summed E-state index contributed by atoms with van der Waals surface area (Å²) in [4.78, 5) is 48.7. The summed E-state index contributed by atoms with van der Waals surface area (Å²) in [5.41, 5.74) is 1.03. The molecule has 2 aromatic rings. The van der Waals surface area contributed by atoms with E-state index in [9.17, 15) is 19.2 Å². The Morgan fingerprint density at radius 2 is 1.96 bits per heavy atom. The van der Waals surface area contributed by atoms with Gasteiger partial charge in [0.1, 0.15) is 0 Å². The molecule has 0 atom stereocenters. The lowest BCUT2D eigenvalue weighted by molar-refractivity contribution is -0.152. The molecule has 0 aliphatic rings. The number of amides is 2. The van der Waals surface area contributed by atoms with Crippen LogP contribution in [0.1, 0.15) is 20.3 Å². The predicted octanol–water partition coefficient (Wildman–Crippen LogP) is 0.512. The van der Waals surface area contributed by atoms with Crippen LogP contribution in [0.3, 0.4) is 0 Å². The quantitative estimate of drug-likeness (QED) is 0.638. The fraction of sp³-hybridized carbons (Fsp3) is 0.444. The number of oxazole rings is 1. The third kappa shape index (κ3) is 5.44. The van der Waals surface area contributed by atoms with E-state index in [4.69, 9.17) is 9.15 Å². The van der Waals surface area contributed by atoms with E-state index in [1.807, 2.05) is 0 Å². The number of esters is 1. The second-order valence-corrected chi connectivity index (χ2v) is 5.76. The normalized spacial score (nSPS) is 10.6. The van der Waals surface area contributed by atoms with Crippen LogP contribution in [0.5, 0.6) is 0 Å². The van der Waals surface area contributed by atoms with Gasteiger partial charge in [0.05, 0.1) is 18.5 Å². The minimum absolute atomic E-state index is 0.0826. The molecule has 0 saturated heterocycles. The summed E-state index contributed by atoms with van der Waals surface area (Å²) in [5, 5.41) is 2.60. The van der Waals surface area contributed by atoms with Crippen LogP contribution in [-0.4, -0.2) is 53.5 Å². The van der Waals surface area contributed by atoms with Gasteiger partial charge in [-0.25, -0.2) is 4.79 Å². The lowest BCUT2D eigenvalue weighted by Crippen LogP contribution is -2.42. The molecule has 27 heavy (non-hydrogen) atoms. The monoisotopic (exact) mass is 377 g/mol. The highest BCUT2D eigenvalue weighted by atomic mass is 16.5. The number of fused-ring (bicyclic) bond motifs is 1. The van der Waals surface area contributed by atoms with Crippen molar-refractivity contribution in [3.63, 3.8) is 0 Å². The molecule has 1 N–H and O–H groups in total. The minimum Gasteiger partial charge on any atom is -0.456 e. The van der Waals surface area contributed by atoms with Crippen molar-refractivity contribution in [2.24, 2.45) is 0 Å². The molecular formula is C18H23N3O6. The zero-order valence-corrected chi connectivity index (χ0v) is 15.4. The Morgan fingerprint density at radius 3 is 2.67 bits per heavy atom. The van der Waals surface area contributed by atoms with Crippen molar-refractivity contribution < 1.29 is 23.5 Å². The van der Waals surface area contributed by atoms with E-state index >= 15 is 0 Å². The largest absolute Gasteiger partial charge is 0.456 e. The molecule has 0 bridgehead atoms. The van der Waals surface area contributed by atoms with Crippen LogP contribution >= 0.6 is 0 Å². The second kappa shape index (κ2) is 9.56. The highest BCUT2D eigenvalue weighted by Crippen LogP contribution is 2.12. The minimum atomic E-state index is -0.616. The van der Waals surface area contributed by atoms with Crippen LogP contribution in [-0.2, 0) is 25.7 Å². The molecule has 0 spiro atoms. The maximum Gasteiger partial charge on any atom is 0.419 e. The number of aromatic nitrogens is 1. The first-order valence-corrected chi connectivity index (χ1v) is 8.74. The first kappa shape index (κ1) is 20.2. The summed E-state index contributed by atoms with van der Waals surface area (Å²) in [6, 6.07) is 6.89. The maximum atomic E-state index is 12.1. The standard InChI is InChI=1S/C18H23N3O6/c1-3-19-15(22)11-20(4-2)16(23)12-26-17(24)9-10-21-13-7-5-6-8-14(13)27-18(21)25/h5-8H,3-4,9-12H2,1-2H3,(H,19,22). The highest BCUT2D eigenvalue weighted by Gasteiger charge is 2.17. The predicted molar refractivity (Wildman–Crippen MR) is 97.0 cm³/mol. The van der Waals surface area contributed by atoms with Crippen molar-refractivity contribution in [1.82, 2.24) is 14.8 Å². The number of rotatable bonds is 9. The zero-order chi connectivity index (χ0) is 19.8. The van der Waals surface area contributed by atoms with Gasteiger partial charge in [0, 0.05) is 19.6 Å². The van der Waals surface area contributed by atoms with Gasteiger partial charge >= 0.3 is 11.7 Å². The highest BCUT2D eigenvalue weighted by molar-refractivity contribution is 5.86. The lowest BCUT2D eigenvalue weighted by Gasteiger charge is -2.20. The number of benzene rings is 1. The van der Waals surface area contributed by atoms with Crippen molar-refractivity contribution in [3.8, 4) is 0 Å². The third-order valence-corrected chi connectivity index (χ3v) is 3.91. The van der Waals surface area contributed by atoms with E-state index in [-0.39, 0.29) is 25.4 Å². The van der Waals surface area contributed by atoms with Crippen molar-refractivity contribution in [1.29, 1.82) is 0 Å². The number of para-hydroxylation sites is 2. The van der Waals surface area contributed by atoms with Gasteiger partial charge in [0.2, 0.25) is 5.91 Å². The second-order valence-electron chi connectivity index (χ2n) is 5.76.